The summed E-state index contributed by atoms with van der Waals surface area (Å²) < 4.78 is 55.0. The molecule has 144 valence electrons. The standard InChI is InChI=1S/C18H20BF4N3O/c1-16(2,20)9-13(15(27)26-17(10-24)7-8-17)25-14(18(21,22)23)11-3-5-12(19)6-4-11/h3-6,13-14,25H,7-9H2,1-2H3,(H,26,27)/t13-,14-/m0/s1. The highest BCUT2D eigenvalue weighted by Crippen LogP contribution is 2.36. The zero-order chi connectivity index (χ0) is 20.5. The number of carbonyl (C=O) groups is 1. The first-order valence-corrected chi connectivity index (χ1v) is 8.46. The Hall–Kier alpha value is -2.08. The Kier molecular flexibility index (Phi) is 5.90. The lowest BCUT2D eigenvalue weighted by Gasteiger charge is -2.30. The number of hydrogen-bond acceptors (Lipinski definition) is 3. The molecule has 0 bridgehead atoms. The van der Waals surface area contributed by atoms with Crippen LogP contribution in [-0.4, -0.2) is 37.2 Å². The van der Waals surface area contributed by atoms with Crippen LogP contribution in [-0.2, 0) is 4.79 Å². The number of amides is 1. The highest BCUT2D eigenvalue weighted by Gasteiger charge is 2.48. The third kappa shape index (κ3) is 5.96. The van der Waals surface area contributed by atoms with E-state index in [1.54, 1.807) is 0 Å². The average Bonchev–Trinajstić information content (AvgIpc) is 3.30. The minimum Gasteiger partial charge on any atom is -0.336 e. The summed E-state index contributed by atoms with van der Waals surface area (Å²) in [7, 11) is 5.51. The maximum absolute atomic E-state index is 14.1. The Morgan fingerprint density at radius 1 is 1.26 bits per heavy atom. The summed E-state index contributed by atoms with van der Waals surface area (Å²) >= 11 is 0. The maximum Gasteiger partial charge on any atom is 0.407 e. The first-order valence-electron chi connectivity index (χ1n) is 8.46. The molecule has 4 nitrogen and oxygen atoms in total. The number of carbonyl (C=O) groups excluding carboxylic acids is 1. The molecule has 1 amide bonds. The molecule has 0 aliphatic heterocycles. The van der Waals surface area contributed by atoms with Crippen molar-refractivity contribution in [2.24, 2.45) is 0 Å². The van der Waals surface area contributed by atoms with Crippen molar-refractivity contribution in [3.63, 3.8) is 0 Å². The number of nitriles is 1. The van der Waals surface area contributed by atoms with E-state index in [-0.39, 0.29) is 5.56 Å². The SMILES string of the molecule is [B]c1ccc([C@H](N[C@@H](CC(C)(C)F)C(=O)NC2(C#N)CC2)C(F)(F)F)cc1. The number of hydrogen-bond donors (Lipinski definition) is 2. The van der Waals surface area contributed by atoms with E-state index in [0.717, 1.165) is 0 Å². The fourth-order valence-electron chi connectivity index (χ4n) is 2.69. The fourth-order valence-corrected chi connectivity index (χ4v) is 2.69. The Morgan fingerprint density at radius 2 is 1.81 bits per heavy atom. The quantitative estimate of drug-likeness (QED) is 0.563. The molecule has 2 N–H and O–H groups in total. The molecule has 0 aromatic heterocycles. The number of nitrogens with zero attached hydrogens (tertiary/aromatic N) is 1. The van der Waals surface area contributed by atoms with Gasteiger partial charge in [0.1, 0.15) is 25.1 Å². The third-order valence-corrected chi connectivity index (χ3v) is 4.30. The highest BCUT2D eigenvalue weighted by molar-refractivity contribution is 6.32. The molecule has 27 heavy (non-hydrogen) atoms. The van der Waals surface area contributed by atoms with Gasteiger partial charge in [-0.25, -0.2) is 4.39 Å². The second-order valence-corrected chi connectivity index (χ2v) is 7.47. The van der Waals surface area contributed by atoms with Gasteiger partial charge in [0.05, 0.1) is 12.1 Å². The molecule has 2 atom stereocenters. The Morgan fingerprint density at radius 3 is 2.22 bits per heavy atom. The van der Waals surface area contributed by atoms with Gasteiger partial charge in [0.2, 0.25) is 5.91 Å². The first kappa shape index (κ1) is 21.2. The van der Waals surface area contributed by atoms with Gasteiger partial charge >= 0.3 is 6.18 Å². The van der Waals surface area contributed by atoms with Crippen LogP contribution in [0.3, 0.4) is 0 Å². The summed E-state index contributed by atoms with van der Waals surface area (Å²) in [5.41, 5.74) is -2.81. The number of nitrogens with one attached hydrogen (secondary N) is 2. The fraction of sp³-hybridized carbons (Fsp3) is 0.556. The van der Waals surface area contributed by atoms with Crippen LogP contribution in [0.1, 0.15) is 44.7 Å². The van der Waals surface area contributed by atoms with Crippen molar-refractivity contribution in [1.29, 1.82) is 5.26 Å². The van der Waals surface area contributed by atoms with Gasteiger partial charge in [0.25, 0.3) is 0 Å². The number of rotatable bonds is 7. The summed E-state index contributed by atoms with van der Waals surface area (Å²) in [5, 5.41) is 13.8. The summed E-state index contributed by atoms with van der Waals surface area (Å²) in [6.45, 7) is 2.36. The monoisotopic (exact) mass is 381 g/mol. The van der Waals surface area contributed by atoms with Crippen LogP contribution in [0.2, 0.25) is 0 Å². The zero-order valence-corrected chi connectivity index (χ0v) is 15.0. The van der Waals surface area contributed by atoms with Gasteiger partial charge in [-0.15, -0.1) is 0 Å². The van der Waals surface area contributed by atoms with Crippen LogP contribution < -0.4 is 16.1 Å². The lowest BCUT2D eigenvalue weighted by Crippen LogP contribution is -2.53. The van der Waals surface area contributed by atoms with Crippen molar-refractivity contribution in [2.45, 2.75) is 62.6 Å². The van der Waals surface area contributed by atoms with E-state index >= 15 is 0 Å². The predicted octanol–water partition coefficient (Wildman–Crippen LogP) is 2.35. The molecule has 1 fully saturated rings. The van der Waals surface area contributed by atoms with Gasteiger partial charge < -0.3 is 5.32 Å². The smallest absolute Gasteiger partial charge is 0.336 e. The van der Waals surface area contributed by atoms with Gasteiger partial charge in [0.15, 0.2) is 0 Å². The predicted molar refractivity (Wildman–Crippen MR) is 93.1 cm³/mol. The molecule has 0 saturated heterocycles. The molecule has 2 radical (unpaired) electrons. The Labute approximate surface area is 156 Å². The van der Waals surface area contributed by atoms with Crippen LogP contribution in [0.4, 0.5) is 17.6 Å². The van der Waals surface area contributed by atoms with Crippen LogP contribution in [0.25, 0.3) is 0 Å². The zero-order valence-electron chi connectivity index (χ0n) is 15.0. The molecule has 1 aromatic rings. The molecule has 0 unspecified atom stereocenters. The molecule has 2 rings (SSSR count). The van der Waals surface area contributed by atoms with Gasteiger partial charge in [-0.3, -0.25) is 10.1 Å². The van der Waals surface area contributed by atoms with E-state index in [1.807, 2.05) is 6.07 Å². The lowest BCUT2D eigenvalue weighted by molar-refractivity contribution is -0.161. The van der Waals surface area contributed by atoms with Crippen LogP contribution in [0.15, 0.2) is 24.3 Å². The number of benzene rings is 1. The van der Waals surface area contributed by atoms with Crippen molar-refractivity contribution in [3.05, 3.63) is 29.8 Å². The average molecular weight is 381 g/mol. The van der Waals surface area contributed by atoms with E-state index in [9.17, 15) is 22.4 Å². The minimum atomic E-state index is -4.72. The molecule has 0 spiro atoms. The second kappa shape index (κ2) is 7.51. The molecule has 1 aliphatic rings. The highest BCUT2D eigenvalue weighted by atomic mass is 19.4. The van der Waals surface area contributed by atoms with Crippen molar-refractivity contribution < 1.29 is 22.4 Å². The van der Waals surface area contributed by atoms with Crippen LogP contribution >= 0.6 is 0 Å². The van der Waals surface area contributed by atoms with E-state index < -0.39 is 41.8 Å². The van der Waals surface area contributed by atoms with Gasteiger partial charge in [-0.1, -0.05) is 29.7 Å². The molecular weight excluding hydrogens is 361 g/mol. The van der Waals surface area contributed by atoms with E-state index in [2.05, 4.69) is 10.6 Å². The lowest BCUT2D eigenvalue weighted by atomic mass is 9.93. The van der Waals surface area contributed by atoms with Crippen molar-refractivity contribution >= 4 is 19.2 Å². The summed E-state index contributed by atoms with van der Waals surface area (Å²) in [5.74, 6) is -0.829. The van der Waals surface area contributed by atoms with Gasteiger partial charge in [-0.2, -0.15) is 18.4 Å². The topological polar surface area (TPSA) is 64.9 Å². The van der Waals surface area contributed by atoms with Crippen molar-refractivity contribution in [3.8, 4) is 6.07 Å². The Bertz CT molecular complexity index is 718. The number of alkyl halides is 4. The molecule has 1 aromatic carbocycles. The molecular formula is C18H20BF4N3O. The van der Waals surface area contributed by atoms with E-state index in [1.165, 1.54) is 38.1 Å². The molecule has 1 aliphatic carbocycles. The minimum absolute atomic E-state index is 0.146. The van der Waals surface area contributed by atoms with Gasteiger partial charge in [-0.05, 0) is 32.3 Å². The second-order valence-electron chi connectivity index (χ2n) is 7.47. The molecule has 9 heteroatoms. The van der Waals surface area contributed by atoms with Crippen molar-refractivity contribution in [2.75, 3.05) is 0 Å². The summed E-state index contributed by atoms with van der Waals surface area (Å²) in [6.07, 6.45) is -4.37. The normalized spacial score (nSPS) is 18.3. The van der Waals surface area contributed by atoms with E-state index in [0.29, 0.717) is 18.3 Å². The molecule has 0 heterocycles. The maximum atomic E-state index is 14.1. The largest absolute Gasteiger partial charge is 0.407 e. The number of halogens is 4. The third-order valence-electron chi connectivity index (χ3n) is 4.30. The first-order chi connectivity index (χ1) is 12.4. The van der Waals surface area contributed by atoms with Gasteiger partial charge in [0, 0.05) is 6.42 Å². The molecule has 1 saturated carbocycles. The van der Waals surface area contributed by atoms with E-state index in [4.69, 9.17) is 13.1 Å². The summed E-state index contributed by atoms with van der Waals surface area (Å²) in [6, 6.07) is 3.31. The van der Waals surface area contributed by atoms with Crippen LogP contribution in [0, 0.1) is 11.3 Å². The summed E-state index contributed by atoms with van der Waals surface area (Å²) in [4.78, 5) is 12.5. The van der Waals surface area contributed by atoms with Crippen LogP contribution in [0.5, 0.6) is 0 Å². The van der Waals surface area contributed by atoms with Crippen molar-refractivity contribution in [1.82, 2.24) is 10.6 Å². The Balaban J connectivity index is 2.28.